The summed E-state index contributed by atoms with van der Waals surface area (Å²) in [5.74, 6) is 0. The molecule has 0 radical (unpaired) electrons. The Morgan fingerprint density at radius 1 is 0.158 bits per heavy atom. The third-order valence-electron chi connectivity index (χ3n) is 19.7. The van der Waals surface area contributed by atoms with Crippen LogP contribution in [0.25, 0.3) is 166 Å². The first-order chi connectivity index (χ1) is 47.0. The molecule has 4 nitrogen and oxygen atoms in total. The summed E-state index contributed by atoms with van der Waals surface area (Å²) in [7, 11) is 0. The minimum absolute atomic E-state index is 1.09. The van der Waals surface area contributed by atoms with E-state index in [4.69, 9.17) is 0 Å². The van der Waals surface area contributed by atoms with Crippen LogP contribution < -0.4 is 4.90 Å². The molecule has 0 fully saturated rings. The smallest absolute Gasteiger partial charge is 0.0646 e. The zero-order chi connectivity index (χ0) is 62.7. The number of hydrogen-bond acceptors (Lipinski definition) is 1. The Morgan fingerprint density at radius 3 is 0.589 bits per heavy atom. The molecule has 15 aromatic carbocycles. The van der Waals surface area contributed by atoms with Gasteiger partial charge in [0.1, 0.15) is 0 Å². The van der Waals surface area contributed by atoms with Crippen molar-refractivity contribution in [3.05, 3.63) is 346 Å². The van der Waals surface area contributed by atoms with Crippen LogP contribution in [0.3, 0.4) is 0 Å². The molecular weight excluding hydrogens is 1260 g/mol. The highest BCUT2D eigenvalue weighted by Gasteiger charge is 2.20. The van der Waals surface area contributed by atoms with Gasteiger partial charge in [0.15, 0.2) is 0 Å². The SMILES string of the molecule is In1c2ccc3cc2c2cc(ccc21)-c1ccc(cc1)-c1ccc2c(c1)c1cc(ccc1n2-c1ccccc1)-c1ccc(cc1)-c1ccc2c(c1)c1cc(ccc1n2-c1ccccc1)-c1ccc(cc1)-c1ccc(cc1)N(c1ccccc1)c1ccc(cc1)-c1ccc-3cc1. The van der Waals surface area contributed by atoms with Crippen molar-refractivity contribution >= 4 is 105 Å². The number of rotatable bonds is 3. The van der Waals surface area contributed by atoms with Gasteiger partial charge in [0.2, 0.25) is 0 Å². The van der Waals surface area contributed by atoms with Crippen molar-refractivity contribution in [2.24, 2.45) is 0 Å². The van der Waals surface area contributed by atoms with Crippen LogP contribution in [0.2, 0.25) is 0 Å². The molecule has 0 saturated carbocycles. The Morgan fingerprint density at radius 2 is 0.337 bits per heavy atom. The van der Waals surface area contributed by atoms with Crippen LogP contribution in [0.4, 0.5) is 17.1 Å². The van der Waals surface area contributed by atoms with Gasteiger partial charge in [-0.1, -0.05) is 212 Å². The van der Waals surface area contributed by atoms with Gasteiger partial charge in [0.25, 0.3) is 0 Å². The van der Waals surface area contributed by atoms with Crippen LogP contribution >= 0.6 is 22.9 Å². The van der Waals surface area contributed by atoms with Crippen LogP contribution in [0.1, 0.15) is 0 Å². The molecule has 0 saturated heterocycles. The third kappa shape index (κ3) is 9.33. The summed E-state index contributed by atoms with van der Waals surface area (Å²) in [6.07, 6.45) is 0. The van der Waals surface area contributed by atoms with Crippen LogP contribution in [0, 0.1) is 0 Å². The van der Waals surface area contributed by atoms with Crippen LogP contribution in [0.15, 0.2) is 346 Å². The van der Waals surface area contributed by atoms with E-state index in [1.54, 1.807) is 0 Å². The lowest BCUT2D eigenvalue weighted by molar-refractivity contribution is 1.18. The Labute approximate surface area is 564 Å². The van der Waals surface area contributed by atoms with E-state index in [0.717, 1.165) is 34.0 Å². The van der Waals surface area contributed by atoms with Gasteiger partial charge in [-0.15, -0.1) is 0 Å². The van der Waals surface area contributed by atoms with Crippen molar-refractivity contribution in [3.63, 3.8) is 0 Å². The summed E-state index contributed by atoms with van der Waals surface area (Å²) in [4.78, 5) is 2.34. The molecule has 0 N–H and O–H groups in total. The zero-order valence-corrected chi connectivity index (χ0v) is 53.7. The first-order valence-corrected chi connectivity index (χ1v) is 33.4. The molecule has 9 aliphatic rings. The highest BCUT2D eigenvalue weighted by molar-refractivity contribution is 14.1. The lowest BCUT2D eigenvalue weighted by Gasteiger charge is -2.26. The molecule has 0 amide bonds. The minimum Gasteiger partial charge on any atom is -0.311 e. The van der Waals surface area contributed by atoms with Crippen LogP contribution in [0.5, 0.6) is 0 Å². The van der Waals surface area contributed by atoms with E-state index < -0.39 is 0 Å². The number of halogens is 1. The molecule has 0 spiro atoms. The van der Waals surface area contributed by atoms with Crippen molar-refractivity contribution in [2.45, 2.75) is 0 Å². The quantitative estimate of drug-likeness (QED) is 0.161. The second-order valence-electron chi connectivity index (χ2n) is 25.1. The number of nitrogens with zero attached hydrogens (tertiary/aromatic N) is 4. The van der Waals surface area contributed by atoms with Gasteiger partial charge in [-0.25, -0.2) is 0 Å². The predicted octanol–water partition coefficient (Wildman–Crippen LogP) is 25.3. The summed E-state index contributed by atoms with van der Waals surface area (Å²) < 4.78 is 7.12. The van der Waals surface area contributed by atoms with Crippen molar-refractivity contribution in [1.82, 2.24) is 11.9 Å². The second kappa shape index (κ2) is 22.2. The molecule has 0 unspecified atom stereocenters. The van der Waals surface area contributed by atoms with Crippen molar-refractivity contribution in [3.8, 4) is 100 Å². The molecular formula is C90H57IN4. The number of hydrogen-bond donors (Lipinski definition) is 0. The third-order valence-corrected chi connectivity index (χ3v) is 20.8. The van der Waals surface area contributed by atoms with Gasteiger partial charge in [-0.3, -0.25) is 2.78 Å². The van der Waals surface area contributed by atoms with E-state index in [9.17, 15) is 0 Å². The van der Waals surface area contributed by atoms with E-state index in [0.29, 0.717) is 0 Å². The first-order valence-electron chi connectivity index (χ1n) is 32.5. The number of aromatic nitrogens is 3. The van der Waals surface area contributed by atoms with Gasteiger partial charge >= 0.3 is 0 Å². The fourth-order valence-corrected chi connectivity index (χ4v) is 15.7. The van der Waals surface area contributed by atoms with Crippen molar-refractivity contribution < 1.29 is 0 Å². The Hall–Kier alpha value is -11.8. The van der Waals surface area contributed by atoms with E-state index >= 15 is 0 Å². The maximum atomic E-state index is 2.46. The molecule has 3 aromatic heterocycles. The standard InChI is InChI=1S/C90H57IN4/c91-95-89-50-40-72-56-83(89)84-57-73(41-51-90(84)95)67-30-28-66(29-31-67)71-39-49-88-82(55-71)81-54-70(38-48-87(81)94(88)76-14-8-3-9-15-76)65-26-24-64(25-27-65)69-37-47-86-80(53-69)79-52-68(36-46-85(79)93(86)75-12-6-2-7-13-75)62-20-16-58(17-21-62)60-32-42-77(43-33-60)92(74-10-4-1-5-11-74)78-44-34-61(35-45-78)59-18-22-63(72)23-19-59/h1-57H. The Balaban J connectivity index is 0.741. The maximum absolute atomic E-state index is 2.46. The minimum atomic E-state index is 1.09. The fraction of sp³-hybridized carbons (Fsp3) is 0. The number of fused-ring (bicyclic) bond motifs is 2. The fourth-order valence-electron chi connectivity index (χ4n) is 14.9. The Kier molecular flexibility index (Phi) is 12.9. The normalized spacial score (nSPS) is 12.0. The van der Waals surface area contributed by atoms with Crippen molar-refractivity contribution in [1.29, 1.82) is 0 Å². The van der Waals surface area contributed by atoms with Crippen molar-refractivity contribution in [2.75, 3.05) is 4.90 Å². The molecule has 5 heteroatoms. The molecule has 95 heavy (non-hydrogen) atoms. The molecule has 12 heterocycles. The Bertz CT molecular complexity index is 6010. The molecule has 27 rings (SSSR count). The first kappa shape index (κ1) is 54.9. The highest BCUT2D eigenvalue weighted by atomic mass is 127. The average molecular weight is 1320 g/mol. The largest absolute Gasteiger partial charge is 0.311 e. The molecule has 9 aliphatic heterocycles. The molecule has 0 atom stereocenters. The highest BCUT2D eigenvalue weighted by Crippen LogP contribution is 2.44. The van der Waals surface area contributed by atoms with Gasteiger partial charge < -0.3 is 14.0 Å². The molecule has 24 bridgehead atoms. The lowest BCUT2D eigenvalue weighted by Crippen LogP contribution is -2.09. The topological polar surface area (TPSA) is 18.0 Å². The van der Waals surface area contributed by atoms with Gasteiger partial charge in [-0.05, 0) is 222 Å². The van der Waals surface area contributed by atoms with E-state index in [1.807, 2.05) is 0 Å². The van der Waals surface area contributed by atoms with Gasteiger partial charge in [0.05, 0.1) is 56.0 Å². The summed E-state index contributed by atoms with van der Waals surface area (Å²) in [6.45, 7) is 0. The number of benzene rings is 15. The summed E-state index contributed by atoms with van der Waals surface area (Å²) in [5.41, 5.74) is 31.6. The predicted molar refractivity (Wildman–Crippen MR) is 409 cm³/mol. The molecule has 18 aromatic rings. The summed E-state index contributed by atoms with van der Waals surface area (Å²) >= 11 is 2.46. The average Bonchev–Trinajstić information content (AvgIpc) is 1.61. The molecule has 0 aliphatic carbocycles. The summed E-state index contributed by atoms with van der Waals surface area (Å²) in [5, 5.41) is 7.36. The number of anilines is 3. The lowest BCUT2D eigenvalue weighted by atomic mass is 9.96. The van der Waals surface area contributed by atoms with E-state index in [1.165, 1.54) is 149 Å². The van der Waals surface area contributed by atoms with E-state index in [2.05, 4.69) is 385 Å². The second-order valence-corrected chi connectivity index (χ2v) is 26.1. The van der Waals surface area contributed by atoms with Gasteiger partial charge in [0, 0.05) is 60.8 Å². The number of para-hydroxylation sites is 3. The summed E-state index contributed by atoms with van der Waals surface area (Å²) in [6, 6.07) is 128. The van der Waals surface area contributed by atoms with Crippen LogP contribution in [-0.4, -0.2) is 11.9 Å². The van der Waals surface area contributed by atoms with Crippen LogP contribution in [-0.2, 0) is 0 Å². The monoisotopic (exact) mass is 1320 g/mol. The molecule has 444 valence electrons. The van der Waals surface area contributed by atoms with E-state index in [-0.39, 0.29) is 0 Å². The maximum Gasteiger partial charge on any atom is 0.0646 e. The van der Waals surface area contributed by atoms with Gasteiger partial charge in [-0.2, -0.15) is 0 Å². The zero-order valence-electron chi connectivity index (χ0n) is 51.6.